The molecular formula is C28H30BrN3O5. The lowest BCUT2D eigenvalue weighted by molar-refractivity contribution is -0.123. The first-order chi connectivity index (χ1) is 17.8. The maximum atomic E-state index is 12.8. The molecule has 0 saturated carbocycles. The summed E-state index contributed by atoms with van der Waals surface area (Å²) in [6.45, 7) is 4.09. The predicted molar refractivity (Wildman–Crippen MR) is 146 cm³/mol. The summed E-state index contributed by atoms with van der Waals surface area (Å²) >= 11 is 3.42. The molecular weight excluding hydrogens is 538 g/mol. The molecule has 0 fully saturated rings. The van der Waals surface area contributed by atoms with Crippen molar-refractivity contribution in [2.45, 2.75) is 26.5 Å². The summed E-state index contributed by atoms with van der Waals surface area (Å²) in [5, 5.41) is 6.83. The van der Waals surface area contributed by atoms with Gasteiger partial charge in [-0.3, -0.25) is 9.59 Å². The highest BCUT2D eigenvalue weighted by molar-refractivity contribution is 9.10. The van der Waals surface area contributed by atoms with Crippen LogP contribution in [0.1, 0.15) is 35.3 Å². The Morgan fingerprint density at radius 2 is 1.65 bits per heavy atom. The van der Waals surface area contributed by atoms with Gasteiger partial charge < -0.3 is 19.5 Å². The maximum absolute atomic E-state index is 12.8. The summed E-state index contributed by atoms with van der Waals surface area (Å²) < 4.78 is 17.5. The molecule has 0 radical (unpaired) electrons. The van der Waals surface area contributed by atoms with Crippen molar-refractivity contribution in [3.05, 3.63) is 87.9 Å². The van der Waals surface area contributed by atoms with E-state index in [1.165, 1.54) is 6.21 Å². The number of carbonyl (C=O) groups is 2. The number of amides is 2. The number of ether oxygens (including phenoxy) is 3. The van der Waals surface area contributed by atoms with Gasteiger partial charge in [-0.25, -0.2) is 5.43 Å². The van der Waals surface area contributed by atoms with Crippen molar-refractivity contribution in [3.63, 3.8) is 0 Å². The number of benzene rings is 3. The second-order valence-corrected chi connectivity index (χ2v) is 9.40. The molecule has 2 amide bonds. The number of hydrazone groups is 1. The SMILES string of the molecule is COc1ccc(C(=O)NC(C(=O)N/N=C/c2ccc(OCc3ccc(Br)cc3)c(OC)c2)C(C)C)cc1. The van der Waals surface area contributed by atoms with Gasteiger partial charge in [-0.15, -0.1) is 0 Å². The first-order valence-electron chi connectivity index (χ1n) is 11.6. The Balaban J connectivity index is 1.59. The summed E-state index contributed by atoms with van der Waals surface area (Å²) in [5.74, 6) is 0.843. The van der Waals surface area contributed by atoms with Gasteiger partial charge in [-0.1, -0.05) is 41.9 Å². The molecule has 1 unspecified atom stereocenters. The molecule has 0 aliphatic carbocycles. The third-order valence-electron chi connectivity index (χ3n) is 5.47. The Bertz CT molecular complexity index is 1230. The molecule has 0 bridgehead atoms. The smallest absolute Gasteiger partial charge is 0.262 e. The first-order valence-corrected chi connectivity index (χ1v) is 12.4. The fourth-order valence-electron chi connectivity index (χ4n) is 3.37. The standard InChI is InChI=1S/C28H30BrN3O5/c1-18(2)26(31-27(33)21-8-12-23(35-3)13-9-21)28(34)32-30-16-20-7-14-24(25(15-20)36-4)37-17-19-5-10-22(29)11-6-19/h5-16,18,26H,17H2,1-4H3,(H,31,33)(H,32,34)/b30-16+. The van der Waals surface area contributed by atoms with E-state index >= 15 is 0 Å². The highest BCUT2D eigenvalue weighted by Gasteiger charge is 2.24. The van der Waals surface area contributed by atoms with Crippen LogP contribution < -0.4 is 25.0 Å². The lowest BCUT2D eigenvalue weighted by Crippen LogP contribution is -2.48. The Morgan fingerprint density at radius 1 is 0.946 bits per heavy atom. The van der Waals surface area contributed by atoms with Crippen LogP contribution in [0, 0.1) is 5.92 Å². The molecule has 0 aliphatic heterocycles. The van der Waals surface area contributed by atoms with Gasteiger partial charge in [0.2, 0.25) is 0 Å². The highest BCUT2D eigenvalue weighted by atomic mass is 79.9. The number of hydrogen-bond donors (Lipinski definition) is 2. The Labute approximate surface area is 225 Å². The van der Waals surface area contributed by atoms with Crippen LogP contribution in [0.5, 0.6) is 17.2 Å². The summed E-state index contributed by atoms with van der Waals surface area (Å²) in [6, 6.07) is 19.1. The van der Waals surface area contributed by atoms with Gasteiger partial charge in [0.25, 0.3) is 11.8 Å². The molecule has 8 nitrogen and oxygen atoms in total. The summed E-state index contributed by atoms with van der Waals surface area (Å²) in [4.78, 5) is 25.4. The van der Waals surface area contributed by atoms with E-state index in [2.05, 4.69) is 31.8 Å². The number of rotatable bonds is 11. The number of halogens is 1. The number of methoxy groups -OCH3 is 2. The quantitative estimate of drug-likeness (QED) is 0.252. The molecule has 3 aromatic rings. The lowest BCUT2D eigenvalue weighted by Gasteiger charge is -2.20. The van der Waals surface area contributed by atoms with Crippen LogP contribution in [-0.2, 0) is 11.4 Å². The van der Waals surface area contributed by atoms with E-state index in [1.807, 2.05) is 38.1 Å². The number of nitrogens with zero attached hydrogens (tertiary/aromatic N) is 1. The Morgan fingerprint density at radius 3 is 2.27 bits per heavy atom. The highest BCUT2D eigenvalue weighted by Crippen LogP contribution is 2.28. The number of hydrogen-bond acceptors (Lipinski definition) is 6. The maximum Gasteiger partial charge on any atom is 0.262 e. The van der Waals surface area contributed by atoms with E-state index in [9.17, 15) is 9.59 Å². The summed E-state index contributed by atoms with van der Waals surface area (Å²) in [7, 11) is 3.11. The Hall–Kier alpha value is -3.85. The van der Waals surface area contributed by atoms with E-state index in [1.54, 1.807) is 56.7 Å². The largest absolute Gasteiger partial charge is 0.497 e. The minimum Gasteiger partial charge on any atom is -0.497 e. The number of nitrogens with one attached hydrogen (secondary N) is 2. The van der Waals surface area contributed by atoms with E-state index in [0.29, 0.717) is 35.0 Å². The molecule has 0 heterocycles. The van der Waals surface area contributed by atoms with Gasteiger partial charge in [0, 0.05) is 10.0 Å². The van der Waals surface area contributed by atoms with Crippen molar-refractivity contribution in [2.24, 2.45) is 11.0 Å². The third kappa shape index (κ3) is 8.08. The molecule has 37 heavy (non-hydrogen) atoms. The monoisotopic (exact) mass is 567 g/mol. The average molecular weight is 568 g/mol. The summed E-state index contributed by atoms with van der Waals surface area (Å²) in [5.41, 5.74) is 4.67. The summed E-state index contributed by atoms with van der Waals surface area (Å²) in [6.07, 6.45) is 1.50. The van der Waals surface area contributed by atoms with Crippen molar-refractivity contribution < 1.29 is 23.8 Å². The van der Waals surface area contributed by atoms with Crippen molar-refractivity contribution in [3.8, 4) is 17.2 Å². The van der Waals surface area contributed by atoms with E-state index in [4.69, 9.17) is 14.2 Å². The van der Waals surface area contributed by atoms with E-state index in [0.717, 1.165) is 10.0 Å². The van der Waals surface area contributed by atoms with Gasteiger partial charge in [0.1, 0.15) is 18.4 Å². The van der Waals surface area contributed by atoms with Crippen LogP contribution in [-0.4, -0.2) is 38.3 Å². The normalized spacial score (nSPS) is 11.7. The van der Waals surface area contributed by atoms with Crippen molar-refractivity contribution in [1.29, 1.82) is 0 Å². The molecule has 194 valence electrons. The van der Waals surface area contributed by atoms with Gasteiger partial charge in [0.05, 0.1) is 20.4 Å². The van der Waals surface area contributed by atoms with Crippen LogP contribution >= 0.6 is 15.9 Å². The molecule has 2 N–H and O–H groups in total. The molecule has 3 aromatic carbocycles. The minimum absolute atomic E-state index is 0.153. The predicted octanol–water partition coefficient (Wildman–Crippen LogP) is 4.95. The molecule has 0 aliphatic rings. The fourth-order valence-corrected chi connectivity index (χ4v) is 3.63. The van der Waals surface area contributed by atoms with E-state index < -0.39 is 11.9 Å². The number of carbonyl (C=O) groups excluding carboxylic acids is 2. The Kier molecular flexibility index (Phi) is 10.1. The molecule has 3 rings (SSSR count). The average Bonchev–Trinajstić information content (AvgIpc) is 2.91. The molecule has 0 spiro atoms. The van der Waals surface area contributed by atoms with Gasteiger partial charge in [-0.2, -0.15) is 5.10 Å². The second-order valence-electron chi connectivity index (χ2n) is 8.48. The van der Waals surface area contributed by atoms with Crippen molar-refractivity contribution >= 4 is 34.0 Å². The van der Waals surface area contributed by atoms with E-state index in [-0.39, 0.29) is 11.8 Å². The van der Waals surface area contributed by atoms with Crippen LogP contribution in [0.25, 0.3) is 0 Å². The topological polar surface area (TPSA) is 98.2 Å². The van der Waals surface area contributed by atoms with Crippen molar-refractivity contribution in [2.75, 3.05) is 14.2 Å². The van der Waals surface area contributed by atoms with Crippen LogP contribution in [0.2, 0.25) is 0 Å². The van der Waals surface area contributed by atoms with Crippen LogP contribution in [0.3, 0.4) is 0 Å². The zero-order valence-electron chi connectivity index (χ0n) is 21.2. The third-order valence-corrected chi connectivity index (χ3v) is 6.00. The molecule has 9 heteroatoms. The molecule has 0 aromatic heterocycles. The fraction of sp³-hybridized carbons (Fsp3) is 0.250. The second kappa shape index (κ2) is 13.5. The van der Waals surface area contributed by atoms with Crippen LogP contribution in [0.4, 0.5) is 0 Å². The van der Waals surface area contributed by atoms with Gasteiger partial charge >= 0.3 is 0 Å². The zero-order valence-corrected chi connectivity index (χ0v) is 22.7. The van der Waals surface area contributed by atoms with Gasteiger partial charge in [0.15, 0.2) is 11.5 Å². The van der Waals surface area contributed by atoms with Gasteiger partial charge in [-0.05, 0) is 71.6 Å². The van der Waals surface area contributed by atoms with Crippen LogP contribution in [0.15, 0.2) is 76.3 Å². The molecule has 0 saturated heterocycles. The minimum atomic E-state index is -0.768. The molecule has 1 atom stereocenters. The lowest BCUT2D eigenvalue weighted by atomic mass is 10.0. The first kappa shape index (κ1) is 27.7. The van der Waals surface area contributed by atoms with Crippen molar-refractivity contribution in [1.82, 2.24) is 10.7 Å². The zero-order chi connectivity index (χ0) is 26.8.